The van der Waals surface area contributed by atoms with Gasteiger partial charge < -0.3 is 9.47 Å². The van der Waals surface area contributed by atoms with E-state index >= 15 is 0 Å². The molecule has 0 radical (unpaired) electrons. The van der Waals surface area contributed by atoms with Crippen molar-refractivity contribution in [3.63, 3.8) is 0 Å². The molecule has 0 aliphatic heterocycles. The molecule has 130 valence electrons. The maximum Gasteiger partial charge on any atom is 0.415 e. The second kappa shape index (κ2) is 6.74. The van der Waals surface area contributed by atoms with Crippen LogP contribution in [0.15, 0.2) is 12.3 Å². The molecule has 0 spiro atoms. The van der Waals surface area contributed by atoms with Gasteiger partial charge in [0.1, 0.15) is 23.2 Å². The van der Waals surface area contributed by atoms with Gasteiger partial charge in [-0.05, 0) is 20.8 Å². The number of hydrogen-bond donors (Lipinski definition) is 0. The minimum absolute atomic E-state index is 0.104. The highest BCUT2D eigenvalue weighted by atomic mass is 35.5. The molecule has 0 aliphatic rings. The van der Waals surface area contributed by atoms with E-state index in [4.69, 9.17) is 21.1 Å². The Morgan fingerprint density at radius 3 is 2.62 bits per heavy atom. The molecule has 0 saturated carbocycles. The van der Waals surface area contributed by atoms with E-state index in [1.807, 2.05) is 0 Å². The van der Waals surface area contributed by atoms with E-state index in [1.165, 1.54) is 35.8 Å². The van der Waals surface area contributed by atoms with Crippen LogP contribution in [0.25, 0.3) is 5.65 Å². The second-order valence-electron chi connectivity index (χ2n) is 6.13. The SMILES string of the molecule is COCC(=O)c1cnn2c(N(C)C(=O)OC(C)(C)C)cc(Cl)nc12. The molecule has 0 aromatic carbocycles. The fourth-order valence-electron chi connectivity index (χ4n) is 1.99. The first-order chi connectivity index (χ1) is 11.1. The molecule has 1 amide bonds. The summed E-state index contributed by atoms with van der Waals surface area (Å²) in [5.41, 5.74) is -0.140. The maximum atomic E-state index is 12.3. The molecule has 2 rings (SSSR count). The molecule has 0 saturated heterocycles. The van der Waals surface area contributed by atoms with Crippen molar-refractivity contribution < 1.29 is 19.1 Å². The number of anilines is 1. The lowest BCUT2D eigenvalue weighted by Crippen LogP contribution is -2.35. The Labute approximate surface area is 144 Å². The summed E-state index contributed by atoms with van der Waals surface area (Å²) in [5, 5.41) is 4.26. The van der Waals surface area contributed by atoms with Crippen LogP contribution < -0.4 is 4.90 Å². The number of carbonyl (C=O) groups is 2. The molecule has 0 bridgehead atoms. The fraction of sp³-hybridized carbons (Fsp3) is 0.467. The zero-order valence-corrected chi connectivity index (χ0v) is 14.9. The van der Waals surface area contributed by atoms with Gasteiger partial charge in [-0.15, -0.1) is 0 Å². The number of carbonyl (C=O) groups excluding carboxylic acids is 2. The Bertz CT molecular complexity index is 782. The number of fused-ring (bicyclic) bond motifs is 1. The van der Waals surface area contributed by atoms with Crippen LogP contribution in [0.1, 0.15) is 31.1 Å². The van der Waals surface area contributed by atoms with Crippen molar-refractivity contribution in [1.82, 2.24) is 14.6 Å². The summed E-state index contributed by atoms with van der Waals surface area (Å²) >= 11 is 6.04. The number of amides is 1. The molecule has 2 aromatic heterocycles. The van der Waals surface area contributed by atoms with Crippen molar-refractivity contribution in [1.29, 1.82) is 0 Å². The molecule has 0 unspecified atom stereocenters. The average molecular weight is 355 g/mol. The Balaban J connectivity index is 2.48. The lowest BCUT2D eigenvalue weighted by atomic mass is 10.2. The quantitative estimate of drug-likeness (QED) is 0.619. The molecule has 9 heteroatoms. The van der Waals surface area contributed by atoms with E-state index in [2.05, 4.69) is 10.1 Å². The van der Waals surface area contributed by atoms with Crippen LogP contribution >= 0.6 is 11.6 Å². The summed E-state index contributed by atoms with van der Waals surface area (Å²) in [5.74, 6) is 0.0452. The van der Waals surface area contributed by atoms with Crippen LogP contribution in [0.3, 0.4) is 0 Å². The van der Waals surface area contributed by atoms with Gasteiger partial charge in [-0.25, -0.2) is 9.78 Å². The predicted octanol–water partition coefficient (Wildman–Crippen LogP) is 2.58. The minimum Gasteiger partial charge on any atom is -0.443 e. The summed E-state index contributed by atoms with van der Waals surface area (Å²) < 4.78 is 11.5. The molecule has 0 aliphatic carbocycles. The first-order valence-corrected chi connectivity index (χ1v) is 7.55. The summed E-state index contributed by atoms with van der Waals surface area (Å²) in [6, 6.07) is 1.47. The number of methoxy groups -OCH3 is 1. The third-order valence-electron chi connectivity index (χ3n) is 3.01. The number of halogens is 1. The number of aromatic nitrogens is 3. The van der Waals surface area contributed by atoms with Crippen molar-refractivity contribution >= 4 is 34.9 Å². The highest BCUT2D eigenvalue weighted by Crippen LogP contribution is 2.23. The van der Waals surface area contributed by atoms with E-state index in [0.29, 0.717) is 5.82 Å². The third-order valence-corrected chi connectivity index (χ3v) is 3.20. The summed E-state index contributed by atoms with van der Waals surface area (Å²) in [7, 11) is 2.95. The topological polar surface area (TPSA) is 86.0 Å². The van der Waals surface area contributed by atoms with E-state index in [0.717, 1.165) is 0 Å². The van der Waals surface area contributed by atoms with Crippen molar-refractivity contribution in [2.24, 2.45) is 0 Å². The predicted molar refractivity (Wildman–Crippen MR) is 88.8 cm³/mol. The van der Waals surface area contributed by atoms with Crippen molar-refractivity contribution in [3.05, 3.63) is 23.0 Å². The lowest BCUT2D eigenvalue weighted by Gasteiger charge is -2.24. The minimum atomic E-state index is -0.648. The molecular weight excluding hydrogens is 336 g/mol. The molecule has 0 atom stereocenters. The first kappa shape index (κ1) is 18.2. The normalized spacial score (nSPS) is 11.6. The Morgan fingerprint density at radius 2 is 2.04 bits per heavy atom. The molecule has 2 heterocycles. The fourth-order valence-corrected chi connectivity index (χ4v) is 2.16. The average Bonchev–Trinajstić information content (AvgIpc) is 2.87. The smallest absolute Gasteiger partial charge is 0.415 e. The van der Waals surface area contributed by atoms with Crippen LogP contribution in [-0.4, -0.2) is 52.8 Å². The molecule has 0 N–H and O–H groups in total. The number of ketones is 1. The summed E-state index contributed by atoms with van der Waals surface area (Å²) in [6.45, 7) is 5.20. The molecule has 24 heavy (non-hydrogen) atoms. The van der Waals surface area contributed by atoms with E-state index < -0.39 is 11.7 Å². The van der Waals surface area contributed by atoms with Gasteiger partial charge in [0.25, 0.3) is 0 Å². The van der Waals surface area contributed by atoms with Gasteiger partial charge in [0.15, 0.2) is 11.4 Å². The molecule has 8 nitrogen and oxygen atoms in total. The highest BCUT2D eigenvalue weighted by Gasteiger charge is 2.24. The van der Waals surface area contributed by atoms with Crippen LogP contribution in [0.5, 0.6) is 0 Å². The van der Waals surface area contributed by atoms with E-state index in [9.17, 15) is 9.59 Å². The van der Waals surface area contributed by atoms with Crippen LogP contribution in [0, 0.1) is 0 Å². The highest BCUT2D eigenvalue weighted by molar-refractivity contribution is 6.30. The summed E-state index contributed by atoms with van der Waals surface area (Å²) in [4.78, 5) is 29.7. The second-order valence-corrected chi connectivity index (χ2v) is 6.51. The van der Waals surface area contributed by atoms with Gasteiger partial charge in [0.2, 0.25) is 0 Å². The Morgan fingerprint density at radius 1 is 1.38 bits per heavy atom. The van der Waals surface area contributed by atoms with Crippen molar-refractivity contribution in [3.8, 4) is 0 Å². The molecule has 0 fully saturated rings. The zero-order chi connectivity index (χ0) is 18.1. The number of Topliss-reactive ketones (excluding diaryl/α,β-unsaturated/α-hetero) is 1. The van der Waals surface area contributed by atoms with Crippen LogP contribution in [0.2, 0.25) is 5.15 Å². The molecule has 2 aromatic rings. The van der Waals surface area contributed by atoms with Crippen molar-refractivity contribution in [2.45, 2.75) is 26.4 Å². The van der Waals surface area contributed by atoms with Crippen LogP contribution in [0.4, 0.5) is 10.6 Å². The first-order valence-electron chi connectivity index (χ1n) is 7.17. The van der Waals surface area contributed by atoms with Gasteiger partial charge in [-0.2, -0.15) is 9.61 Å². The van der Waals surface area contributed by atoms with Gasteiger partial charge in [0, 0.05) is 20.2 Å². The number of hydrogen-bond acceptors (Lipinski definition) is 6. The third kappa shape index (κ3) is 3.82. The molecular formula is C15H19ClN4O4. The number of rotatable bonds is 4. The summed E-state index contributed by atoms with van der Waals surface area (Å²) in [6.07, 6.45) is 0.790. The Hall–Kier alpha value is -2.19. The van der Waals surface area contributed by atoms with Gasteiger partial charge in [-0.3, -0.25) is 9.69 Å². The van der Waals surface area contributed by atoms with Gasteiger partial charge in [0.05, 0.1) is 11.8 Å². The lowest BCUT2D eigenvalue weighted by molar-refractivity contribution is 0.0587. The number of nitrogens with zero attached hydrogens (tertiary/aromatic N) is 4. The van der Waals surface area contributed by atoms with Crippen LogP contribution in [-0.2, 0) is 9.47 Å². The largest absolute Gasteiger partial charge is 0.443 e. The maximum absolute atomic E-state index is 12.3. The zero-order valence-electron chi connectivity index (χ0n) is 14.2. The standard InChI is InChI=1S/C15H19ClN4O4/c1-15(2,3)24-14(22)19(4)12-6-11(16)18-13-9(7-17-20(12)13)10(21)8-23-5/h6-7H,8H2,1-5H3. The van der Waals surface area contributed by atoms with Gasteiger partial charge >= 0.3 is 6.09 Å². The monoisotopic (exact) mass is 354 g/mol. The number of ether oxygens (including phenoxy) is 2. The Kier molecular flexibility index (Phi) is 5.10. The van der Waals surface area contributed by atoms with Crippen molar-refractivity contribution in [2.75, 3.05) is 25.7 Å². The van der Waals surface area contributed by atoms with E-state index in [1.54, 1.807) is 20.8 Å². The van der Waals surface area contributed by atoms with Gasteiger partial charge in [-0.1, -0.05) is 11.6 Å². The van der Waals surface area contributed by atoms with E-state index in [-0.39, 0.29) is 28.8 Å².